The molecule has 0 N–H and O–H groups in total. The van der Waals surface area contributed by atoms with Gasteiger partial charge < -0.3 is 0 Å². The third-order valence-electron chi connectivity index (χ3n) is 5.96. The number of benzene rings is 5. The lowest BCUT2D eigenvalue weighted by Gasteiger charge is -2.27. The molecule has 3 heteroatoms. The number of amides is 2. The van der Waals surface area contributed by atoms with E-state index in [1.807, 2.05) is 98.8 Å². The highest BCUT2D eigenvalue weighted by Gasteiger charge is 2.30. The fourth-order valence-corrected chi connectivity index (χ4v) is 4.47. The third-order valence-corrected chi connectivity index (χ3v) is 5.96. The Kier molecular flexibility index (Phi) is 4.95. The number of hydrogen-bond acceptors (Lipinski definition) is 2. The normalized spacial score (nSPS) is 11.3. The van der Waals surface area contributed by atoms with Crippen molar-refractivity contribution in [3.63, 3.8) is 0 Å². The first-order valence-electron chi connectivity index (χ1n) is 10.8. The summed E-state index contributed by atoms with van der Waals surface area (Å²) < 4.78 is 0. The van der Waals surface area contributed by atoms with Crippen LogP contribution in [0.2, 0.25) is 0 Å². The Hall–Kier alpha value is -3.98. The Morgan fingerprint density at radius 1 is 0.594 bits per heavy atom. The first kappa shape index (κ1) is 20.0. The van der Waals surface area contributed by atoms with Crippen LogP contribution in [0.15, 0.2) is 97.1 Å². The predicted octanol–water partition coefficient (Wildman–Crippen LogP) is 6.84. The molecule has 0 saturated carbocycles. The molecule has 0 aliphatic rings. The second kappa shape index (κ2) is 7.93. The maximum atomic E-state index is 14.1. The van der Waals surface area contributed by atoms with Gasteiger partial charge in [0.1, 0.15) is 0 Å². The van der Waals surface area contributed by atoms with Crippen molar-refractivity contribution in [1.29, 1.82) is 0 Å². The molecule has 0 aliphatic heterocycles. The molecule has 0 aliphatic carbocycles. The van der Waals surface area contributed by atoms with Crippen LogP contribution >= 0.6 is 0 Å². The van der Waals surface area contributed by atoms with Gasteiger partial charge in [-0.05, 0) is 58.3 Å². The molecule has 0 unspecified atom stereocenters. The Balaban J connectivity index is 1.72. The summed E-state index contributed by atoms with van der Waals surface area (Å²) in [6.45, 7) is 3.77. The largest absolute Gasteiger partial charge is 0.272 e. The predicted molar refractivity (Wildman–Crippen MR) is 131 cm³/mol. The molecule has 0 radical (unpaired) electrons. The highest BCUT2D eigenvalue weighted by molar-refractivity contribution is 6.23. The van der Waals surface area contributed by atoms with E-state index in [1.54, 1.807) is 6.07 Å². The number of rotatable bonds is 3. The SMILES string of the molecule is CC(C)N(C(=O)c1cccc2ccccc12)C(=O)c1c2ccccc2cc2ccccc12. The van der Waals surface area contributed by atoms with Crippen molar-refractivity contribution in [2.24, 2.45) is 0 Å². The number of carbonyl (C=O) groups is 2. The molecule has 2 amide bonds. The van der Waals surface area contributed by atoms with E-state index in [4.69, 9.17) is 0 Å². The molecule has 0 spiro atoms. The first-order valence-corrected chi connectivity index (χ1v) is 10.8. The van der Waals surface area contributed by atoms with Gasteiger partial charge in [0.05, 0.1) is 5.56 Å². The molecule has 0 aromatic heterocycles. The maximum absolute atomic E-state index is 14.1. The van der Waals surface area contributed by atoms with Crippen LogP contribution in [0.3, 0.4) is 0 Å². The summed E-state index contributed by atoms with van der Waals surface area (Å²) >= 11 is 0. The van der Waals surface area contributed by atoms with Gasteiger partial charge in [-0.1, -0.05) is 84.9 Å². The monoisotopic (exact) mass is 417 g/mol. The second-order valence-electron chi connectivity index (χ2n) is 8.29. The quantitative estimate of drug-likeness (QED) is 0.238. The Bertz CT molecular complexity index is 1440. The lowest BCUT2D eigenvalue weighted by Crippen LogP contribution is -2.42. The molecule has 5 rings (SSSR count). The van der Waals surface area contributed by atoms with Crippen LogP contribution in [0.1, 0.15) is 34.6 Å². The smallest absolute Gasteiger partial charge is 0.262 e. The fraction of sp³-hybridized carbons (Fsp3) is 0.103. The molecule has 32 heavy (non-hydrogen) atoms. The van der Waals surface area contributed by atoms with Crippen LogP contribution in [0.5, 0.6) is 0 Å². The van der Waals surface area contributed by atoms with E-state index >= 15 is 0 Å². The number of hydrogen-bond donors (Lipinski definition) is 0. The van der Waals surface area contributed by atoms with Crippen LogP contribution in [0.25, 0.3) is 32.3 Å². The summed E-state index contributed by atoms with van der Waals surface area (Å²) in [7, 11) is 0. The molecular weight excluding hydrogens is 394 g/mol. The van der Waals surface area contributed by atoms with Gasteiger partial charge in [0.15, 0.2) is 0 Å². The Morgan fingerprint density at radius 2 is 1.09 bits per heavy atom. The van der Waals surface area contributed by atoms with E-state index in [9.17, 15) is 9.59 Å². The zero-order valence-electron chi connectivity index (χ0n) is 18.1. The van der Waals surface area contributed by atoms with Gasteiger partial charge in [-0.2, -0.15) is 0 Å². The highest BCUT2D eigenvalue weighted by Crippen LogP contribution is 2.31. The molecule has 5 aromatic carbocycles. The van der Waals surface area contributed by atoms with Gasteiger partial charge in [-0.25, -0.2) is 0 Å². The van der Waals surface area contributed by atoms with Crippen LogP contribution in [-0.2, 0) is 0 Å². The first-order chi connectivity index (χ1) is 15.6. The maximum Gasteiger partial charge on any atom is 0.262 e. The minimum atomic E-state index is -0.299. The van der Waals surface area contributed by atoms with E-state index < -0.39 is 0 Å². The van der Waals surface area contributed by atoms with E-state index in [0.29, 0.717) is 11.1 Å². The summed E-state index contributed by atoms with van der Waals surface area (Å²) in [5.41, 5.74) is 1.11. The van der Waals surface area contributed by atoms with E-state index in [2.05, 4.69) is 6.07 Å². The number of nitrogens with zero attached hydrogens (tertiary/aromatic N) is 1. The van der Waals surface area contributed by atoms with Crippen LogP contribution in [0, 0.1) is 0 Å². The lowest BCUT2D eigenvalue weighted by atomic mass is 9.95. The van der Waals surface area contributed by atoms with Crippen molar-refractivity contribution in [1.82, 2.24) is 4.90 Å². The number of fused-ring (bicyclic) bond motifs is 3. The van der Waals surface area contributed by atoms with Gasteiger partial charge in [-0.15, -0.1) is 0 Å². The summed E-state index contributed by atoms with van der Waals surface area (Å²) in [6, 6.07) is 30.9. The second-order valence-corrected chi connectivity index (χ2v) is 8.29. The molecule has 0 heterocycles. The van der Waals surface area contributed by atoms with Crippen molar-refractivity contribution < 1.29 is 9.59 Å². The molecule has 5 aromatic rings. The molecule has 0 saturated heterocycles. The zero-order valence-corrected chi connectivity index (χ0v) is 18.1. The fourth-order valence-electron chi connectivity index (χ4n) is 4.47. The summed E-state index contributed by atoms with van der Waals surface area (Å²) in [6.07, 6.45) is 0. The Labute approximate surface area is 186 Å². The zero-order chi connectivity index (χ0) is 22.2. The van der Waals surface area contributed by atoms with Crippen molar-refractivity contribution in [2.45, 2.75) is 19.9 Å². The molecule has 0 bridgehead atoms. The lowest BCUT2D eigenvalue weighted by molar-refractivity contribution is 0.0573. The number of imide groups is 1. The molecule has 156 valence electrons. The minimum Gasteiger partial charge on any atom is -0.272 e. The third kappa shape index (κ3) is 3.23. The summed E-state index contributed by atoms with van der Waals surface area (Å²) in [4.78, 5) is 29.3. The standard InChI is InChI=1S/C29H23NO2/c1-19(2)30(28(31)26-17-9-13-20-10-3-6-14-23(20)26)29(32)27-24-15-7-4-11-21(24)18-22-12-5-8-16-25(22)27/h3-19H,1-2H3. The average molecular weight is 418 g/mol. The van der Waals surface area contributed by atoms with E-state index in [1.165, 1.54) is 4.90 Å². The van der Waals surface area contributed by atoms with Crippen LogP contribution in [-0.4, -0.2) is 22.8 Å². The van der Waals surface area contributed by atoms with Gasteiger partial charge in [0.2, 0.25) is 0 Å². The average Bonchev–Trinajstić information content (AvgIpc) is 2.81. The minimum absolute atomic E-state index is 0.272. The number of carbonyl (C=O) groups excluding carboxylic acids is 2. The summed E-state index contributed by atoms with van der Waals surface area (Å²) in [5.74, 6) is -0.551. The molecule has 3 nitrogen and oxygen atoms in total. The molecular formula is C29H23NO2. The van der Waals surface area contributed by atoms with E-state index in [0.717, 1.165) is 32.3 Å². The molecule has 0 fully saturated rings. The van der Waals surface area contributed by atoms with Crippen LogP contribution < -0.4 is 0 Å². The topological polar surface area (TPSA) is 37.4 Å². The van der Waals surface area contributed by atoms with Crippen molar-refractivity contribution in [2.75, 3.05) is 0 Å². The van der Waals surface area contributed by atoms with Crippen molar-refractivity contribution in [3.05, 3.63) is 108 Å². The van der Waals surface area contributed by atoms with Gasteiger partial charge in [-0.3, -0.25) is 14.5 Å². The Morgan fingerprint density at radius 3 is 1.69 bits per heavy atom. The highest BCUT2D eigenvalue weighted by atomic mass is 16.2. The molecule has 0 atom stereocenters. The summed E-state index contributed by atoms with van der Waals surface area (Å²) in [5, 5.41) is 5.50. The van der Waals surface area contributed by atoms with E-state index in [-0.39, 0.29) is 17.9 Å². The van der Waals surface area contributed by atoms with Crippen molar-refractivity contribution in [3.8, 4) is 0 Å². The van der Waals surface area contributed by atoms with Gasteiger partial charge in [0, 0.05) is 11.6 Å². The van der Waals surface area contributed by atoms with Gasteiger partial charge >= 0.3 is 0 Å². The van der Waals surface area contributed by atoms with Crippen LogP contribution in [0.4, 0.5) is 0 Å². The van der Waals surface area contributed by atoms with Gasteiger partial charge in [0.25, 0.3) is 11.8 Å². The van der Waals surface area contributed by atoms with Crippen molar-refractivity contribution >= 4 is 44.1 Å².